The van der Waals surface area contributed by atoms with Gasteiger partial charge in [-0.2, -0.15) is 0 Å². The minimum atomic E-state index is -0.467. The number of nitro groups is 1. The van der Waals surface area contributed by atoms with Crippen LogP contribution in [0.15, 0.2) is 18.2 Å². The van der Waals surface area contributed by atoms with Crippen LogP contribution < -0.4 is 15.4 Å². The number of carbonyl (C=O) groups excluding carboxylic acids is 1. The van der Waals surface area contributed by atoms with Crippen molar-refractivity contribution in [1.29, 1.82) is 0 Å². The zero-order valence-corrected chi connectivity index (χ0v) is 12.1. The molecule has 21 heavy (non-hydrogen) atoms. The molecule has 2 N–H and O–H groups in total. The van der Waals surface area contributed by atoms with Gasteiger partial charge in [0.05, 0.1) is 18.0 Å². The SMILES string of the molecule is CNC(=O)C1CCCC1Nc1cccc(OC)c1[N+](=O)[O-]. The van der Waals surface area contributed by atoms with Gasteiger partial charge < -0.3 is 15.4 Å². The van der Waals surface area contributed by atoms with Crippen LogP contribution in [0.1, 0.15) is 19.3 Å². The summed E-state index contributed by atoms with van der Waals surface area (Å²) in [6.07, 6.45) is 2.52. The molecular weight excluding hydrogens is 274 g/mol. The summed E-state index contributed by atoms with van der Waals surface area (Å²) in [6.45, 7) is 0. The molecule has 1 aliphatic carbocycles. The van der Waals surface area contributed by atoms with Gasteiger partial charge in [-0.05, 0) is 25.0 Å². The van der Waals surface area contributed by atoms with Gasteiger partial charge in [-0.1, -0.05) is 12.5 Å². The predicted octanol–water partition coefficient (Wildman–Crippen LogP) is 1.93. The number of ether oxygens (including phenoxy) is 1. The maximum absolute atomic E-state index is 11.8. The number of benzene rings is 1. The van der Waals surface area contributed by atoms with Crippen LogP contribution in [0.3, 0.4) is 0 Å². The Kier molecular flexibility index (Phi) is 4.62. The van der Waals surface area contributed by atoms with Crippen LogP contribution in [0.4, 0.5) is 11.4 Å². The minimum Gasteiger partial charge on any atom is -0.490 e. The summed E-state index contributed by atoms with van der Waals surface area (Å²) in [5, 5.41) is 17.0. The first-order valence-corrected chi connectivity index (χ1v) is 6.88. The van der Waals surface area contributed by atoms with Gasteiger partial charge in [-0.3, -0.25) is 14.9 Å². The lowest BCUT2D eigenvalue weighted by molar-refractivity contribution is -0.384. The molecule has 0 aromatic heterocycles. The summed E-state index contributed by atoms with van der Waals surface area (Å²) in [7, 11) is 3.00. The number of rotatable bonds is 5. The molecule has 2 atom stereocenters. The Labute approximate surface area is 122 Å². The largest absolute Gasteiger partial charge is 0.490 e. The zero-order valence-electron chi connectivity index (χ0n) is 12.1. The molecule has 1 saturated carbocycles. The summed E-state index contributed by atoms with van der Waals surface area (Å²) in [6, 6.07) is 4.78. The highest BCUT2D eigenvalue weighted by molar-refractivity contribution is 5.80. The van der Waals surface area contributed by atoms with Crippen LogP contribution in [-0.4, -0.2) is 31.0 Å². The second-order valence-corrected chi connectivity index (χ2v) is 5.02. The summed E-state index contributed by atoms with van der Waals surface area (Å²) in [4.78, 5) is 22.6. The molecule has 2 unspecified atom stereocenters. The fourth-order valence-electron chi connectivity index (χ4n) is 2.82. The van der Waals surface area contributed by atoms with E-state index in [-0.39, 0.29) is 29.3 Å². The van der Waals surface area contributed by atoms with Crippen LogP contribution in [-0.2, 0) is 4.79 Å². The number of para-hydroxylation sites is 1. The van der Waals surface area contributed by atoms with Gasteiger partial charge in [0, 0.05) is 13.1 Å². The lowest BCUT2D eigenvalue weighted by Gasteiger charge is -2.21. The van der Waals surface area contributed by atoms with Gasteiger partial charge in [0.15, 0.2) is 5.75 Å². The number of nitrogens with one attached hydrogen (secondary N) is 2. The molecule has 2 rings (SSSR count). The highest BCUT2D eigenvalue weighted by Crippen LogP contribution is 2.37. The van der Waals surface area contributed by atoms with Crippen molar-refractivity contribution < 1.29 is 14.5 Å². The smallest absolute Gasteiger partial charge is 0.333 e. The molecule has 1 fully saturated rings. The molecule has 0 bridgehead atoms. The van der Waals surface area contributed by atoms with Crippen molar-refractivity contribution in [3.8, 4) is 5.75 Å². The van der Waals surface area contributed by atoms with Gasteiger partial charge in [0.1, 0.15) is 5.69 Å². The molecule has 0 saturated heterocycles. The zero-order chi connectivity index (χ0) is 15.4. The van der Waals surface area contributed by atoms with Gasteiger partial charge in [0.2, 0.25) is 5.91 Å². The Morgan fingerprint density at radius 2 is 2.19 bits per heavy atom. The van der Waals surface area contributed by atoms with Crippen LogP contribution in [0.25, 0.3) is 0 Å². The average molecular weight is 293 g/mol. The first kappa shape index (κ1) is 15.1. The fourth-order valence-corrected chi connectivity index (χ4v) is 2.82. The lowest BCUT2D eigenvalue weighted by Crippen LogP contribution is -2.36. The van der Waals surface area contributed by atoms with Crippen molar-refractivity contribution in [2.45, 2.75) is 25.3 Å². The molecule has 114 valence electrons. The van der Waals surface area contributed by atoms with E-state index in [1.54, 1.807) is 25.2 Å². The maximum Gasteiger partial charge on any atom is 0.333 e. The number of anilines is 1. The third-order valence-electron chi connectivity index (χ3n) is 3.84. The van der Waals surface area contributed by atoms with Crippen LogP contribution in [0, 0.1) is 16.0 Å². The van der Waals surface area contributed by atoms with E-state index in [0.29, 0.717) is 5.69 Å². The van der Waals surface area contributed by atoms with Crippen molar-refractivity contribution >= 4 is 17.3 Å². The van der Waals surface area contributed by atoms with Crippen molar-refractivity contribution in [2.75, 3.05) is 19.5 Å². The quantitative estimate of drug-likeness (QED) is 0.639. The van der Waals surface area contributed by atoms with E-state index in [2.05, 4.69) is 10.6 Å². The van der Waals surface area contributed by atoms with E-state index in [9.17, 15) is 14.9 Å². The van der Waals surface area contributed by atoms with Gasteiger partial charge in [0.25, 0.3) is 0 Å². The summed E-state index contributed by atoms with van der Waals surface area (Å²) in [5.41, 5.74) is 0.294. The number of carbonyl (C=O) groups is 1. The maximum atomic E-state index is 11.8. The van der Waals surface area contributed by atoms with E-state index in [4.69, 9.17) is 4.74 Å². The molecule has 1 aromatic rings. The molecule has 1 aliphatic rings. The summed E-state index contributed by atoms with van der Waals surface area (Å²) < 4.78 is 5.05. The van der Waals surface area contributed by atoms with Crippen LogP contribution >= 0.6 is 0 Å². The first-order valence-electron chi connectivity index (χ1n) is 6.88. The Bertz CT molecular complexity index is 547. The normalized spacial score (nSPS) is 20.9. The number of hydrogen-bond acceptors (Lipinski definition) is 5. The van der Waals surface area contributed by atoms with Crippen LogP contribution in [0.2, 0.25) is 0 Å². The molecule has 0 heterocycles. The molecule has 7 heteroatoms. The Balaban J connectivity index is 2.27. The highest BCUT2D eigenvalue weighted by atomic mass is 16.6. The number of methoxy groups -OCH3 is 1. The third kappa shape index (κ3) is 3.07. The fraction of sp³-hybridized carbons (Fsp3) is 0.500. The standard InChI is InChI=1S/C14H19N3O4/c1-15-14(18)9-5-3-6-10(9)16-11-7-4-8-12(21-2)13(11)17(19)20/h4,7-10,16H,3,5-6H2,1-2H3,(H,15,18). The van der Waals surface area contributed by atoms with Crippen molar-refractivity contribution in [3.63, 3.8) is 0 Å². The van der Waals surface area contributed by atoms with E-state index >= 15 is 0 Å². The number of nitro benzene ring substituents is 1. The minimum absolute atomic E-state index is 0.0319. The molecule has 0 aliphatic heterocycles. The van der Waals surface area contributed by atoms with E-state index < -0.39 is 4.92 Å². The second kappa shape index (κ2) is 6.43. The number of nitrogens with zero attached hydrogens (tertiary/aromatic N) is 1. The molecule has 0 spiro atoms. The highest BCUT2D eigenvalue weighted by Gasteiger charge is 2.34. The van der Waals surface area contributed by atoms with Crippen molar-refractivity contribution in [1.82, 2.24) is 5.32 Å². The Hall–Kier alpha value is -2.31. The summed E-state index contributed by atoms with van der Waals surface area (Å²) >= 11 is 0. The molecule has 1 amide bonds. The van der Waals surface area contributed by atoms with Gasteiger partial charge in [-0.15, -0.1) is 0 Å². The van der Waals surface area contributed by atoms with Crippen molar-refractivity contribution in [3.05, 3.63) is 28.3 Å². The van der Waals surface area contributed by atoms with Gasteiger partial charge in [-0.25, -0.2) is 0 Å². The lowest BCUT2D eigenvalue weighted by atomic mass is 10.0. The number of amides is 1. The van der Waals surface area contributed by atoms with E-state index in [1.807, 2.05) is 0 Å². The Morgan fingerprint density at radius 1 is 1.43 bits per heavy atom. The predicted molar refractivity (Wildman–Crippen MR) is 78.5 cm³/mol. The monoisotopic (exact) mass is 293 g/mol. The topological polar surface area (TPSA) is 93.5 Å². The summed E-state index contributed by atoms with van der Waals surface area (Å²) in [5.74, 6) is 0.0100. The molecule has 7 nitrogen and oxygen atoms in total. The van der Waals surface area contributed by atoms with E-state index in [0.717, 1.165) is 19.3 Å². The third-order valence-corrected chi connectivity index (χ3v) is 3.84. The number of hydrogen-bond donors (Lipinski definition) is 2. The molecule has 0 radical (unpaired) electrons. The van der Waals surface area contributed by atoms with Crippen LogP contribution in [0.5, 0.6) is 5.75 Å². The van der Waals surface area contributed by atoms with Gasteiger partial charge >= 0.3 is 5.69 Å². The Morgan fingerprint density at radius 3 is 2.81 bits per heavy atom. The van der Waals surface area contributed by atoms with Crippen molar-refractivity contribution in [2.24, 2.45) is 5.92 Å². The first-order chi connectivity index (χ1) is 10.1. The molecular formula is C14H19N3O4. The van der Waals surface area contributed by atoms with E-state index in [1.165, 1.54) is 7.11 Å². The second-order valence-electron chi connectivity index (χ2n) is 5.02. The molecule has 1 aromatic carbocycles. The average Bonchev–Trinajstić information content (AvgIpc) is 2.94.